The van der Waals surface area contributed by atoms with Gasteiger partial charge in [0.05, 0.1) is 6.04 Å². The van der Waals surface area contributed by atoms with Gasteiger partial charge in [-0.05, 0) is 72.4 Å². The zero-order valence-corrected chi connectivity index (χ0v) is 17.6. The van der Waals surface area contributed by atoms with Gasteiger partial charge in [0, 0.05) is 24.0 Å². The van der Waals surface area contributed by atoms with E-state index in [4.69, 9.17) is 0 Å². The fraction of sp³-hybridized carbons (Fsp3) is 0.458. The zero-order chi connectivity index (χ0) is 21.9. The number of piperidine rings is 1. The lowest BCUT2D eigenvalue weighted by molar-refractivity contribution is -0.0878. The molecule has 1 aliphatic carbocycles. The number of halogens is 3. The molecule has 0 amide bonds. The van der Waals surface area contributed by atoms with Crippen molar-refractivity contribution < 1.29 is 13.2 Å². The van der Waals surface area contributed by atoms with E-state index in [1.807, 2.05) is 26.0 Å². The maximum absolute atomic E-state index is 13.0. The lowest BCUT2D eigenvalue weighted by atomic mass is 9.91. The summed E-state index contributed by atoms with van der Waals surface area (Å²) in [4.78, 5) is 4.54. The van der Waals surface area contributed by atoms with Gasteiger partial charge in [0.15, 0.2) is 0 Å². The van der Waals surface area contributed by atoms with Gasteiger partial charge in [0.25, 0.3) is 0 Å². The summed E-state index contributed by atoms with van der Waals surface area (Å²) in [6.45, 7) is 11.8. The van der Waals surface area contributed by atoms with Crippen LogP contribution in [0.25, 0.3) is 0 Å². The summed E-state index contributed by atoms with van der Waals surface area (Å²) in [7, 11) is 0. The number of aromatic nitrogens is 1. The molecule has 0 aromatic carbocycles. The average molecular weight is 418 g/mol. The number of allylic oxidation sites excluding steroid dienone is 5. The molecule has 162 valence electrons. The molecule has 6 heteroatoms. The van der Waals surface area contributed by atoms with E-state index in [0.29, 0.717) is 17.1 Å². The molecule has 2 aliphatic rings. The summed E-state index contributed by atoms with van der Waals surface area (Å²) in [5.74, 6) is 1.36. The first-order valence-electron chi connectivity index (χ1n) is 10.5. The van der Waals surface area contributed by atoms with E-state index in [0.717, 1.165) is 37.0 Å². The van der Waals surface area contributed by atoms with Gasteiger partial charge in [0.1, 0.15) is 5.82 Å². The molecule has 2 N–H and O–H groups in total. The largest absolute Gasteiger partial charge is 0.415 e. The highest BCUT2D eigenvalue weighted by Crippen LogP contribution is 2.43. The lowest BCUT2D eigenvalue weighted by Crippen LogP contribution is -2.37. The summed E-state index contributed by atoms with van der Waals surface area (Å²) >= 11 is 0. The number of hydrogen-bond donors (Lipinski definition) is 2. The van der Waals surface area contributed by atoms with Crippen molar-refractivity contribution in [2.24, 2.45) is 5.92 Å². The highest BCUT2D eigenvalue weighted by atomic mass is 19.4. The van der Waals surface area contributed by atoms with Crippen LogP contribution in [0, 0.1) is 5.92 Å². The van der Waals surface area contributed by atoms with Crippen molar-refractivity contribution in [2.75, 3.05) is 11.9 Å². The normalized spacial score (nSPS) is 21.5. The van der Waals surface area contributed by atoms with Gasteiger partial charge in [-0.3, -0.25) is 0 Å². The van der Waals surface area contributed by atoms with E-state index in [1.54, 1.807) is 6.20 Å². The molecule has 3 rings (SSSR count). The minimum Gasteiger partial charge on any atom is -0.387 e. The predicted molar refractivity (Wildman–Crippen MR) is 116 cm³/mol. The fourth-order valence-corrected chi connectivity index (χ4v) is 3.72. The third-order valence-corrected chi connectivity index (χ3v) is 5.56. The Morgan fingerprint density at radius 2 is 2.00 bits per heavy atom. The third-order valence-electron chi connectivity index (χ3n) is 5.56. The number of alkyl halides is 3. The molecule has 1 unspecified atom stereocenters. The standard InChI is InChI=1S/C24H30F3N3/c1-15(2)20(14-17(4)24(25,26)27)16(3)13-22-21(8-6-11-28-22)30-23-19(18-9-10-18)7-5-12-29-23/h5,7,12-15,18,21,28H,3-4,6,8-11H2,1-2H3,(H,29,30)/b20-14+,22-13-. The van der Waals surface area contributed by atoms with Crippen LogP contribution in [0.1, 0.15) is 51.0 Å². The highest BCUT2D eigenvalue weighted by Gasteiger charge is 2.31. The van der Waals surface area contributed by atoms with Crippen molar-refractivity contribution in [1.29, 1.82) is 0 Å². The molecule has 0 spiro atoms. The first kappa shape index (κ1) is 22.2. The predicted octanol–water partition coefficient (Wildman–Crippen LogP) is 6.26. The number of rotatable bonds is 7. The van der Waals surface area contributed by atoms with Gasteiger partial charge in [-0.1, -0.05) is 33.1 Å². The topological polar surface area (TPSA) is 37.0 Å². The summed E-state index contributed by atoms with van der Waals surface area (Å²) < 4.78 is 39.0. The third kappa shape index (κ3) is 5.55. The molecular formula is C24H30F3N3. The van der Waals surface area contributed by atoms with E-state index in [2.05, 4.69) is 34.8 Å². The highest BCUT2D eigenvalue weighted by molar-refractivity contribution is 5.51. The van der Waals surface area contributed by atoms with E-state index < -0.39 is 11.7 Å². The SMILES string of the molecule is C=C(/C=C1\NCCCC1Nc1ncccc1C1CC1)/C(=C/C(=C)C(F)(F)F)C(C)C. The Hall–Kier alpha value is -2.50. The Bertz CT molecular complexity index is 861. The first-order chi connectivity index (χ1) is 14.2. The van der Waals surface area contributed by atoms with Crippen molar-refractivity contribution >= 4 is 5.82 Å². The van der Waals surface area contributed by atoms with Crippen LogP contribution in [-0.4, -0.2) is 23.7 Å². The minimum atomic E-state index is -4.45. The quantitative estimate of drug-likeness (QED) is 0.514. The molecule has 1 saturated heterocycles. The molecule has 1 saturated carbocycles. The molecule has 2 heterocycles. The van der Waals surface area contributed by atoms with Crippen molar-refractivity contribution in [3.8, 4) is 0 Å². The molecule has 3 nitrogen and oxygen atoms in total. The molecule has 1 aromatic heterocycles. The first-order valence-corrected chi connectivity index (χ1v) is 10.5. The van der Waals surface area contributed by atoms with E-state index in [9.17, 15) is 13.2 Å². The summed E-state index contributed by atoms with van der Waals surface area (Å²) in [6.07, 6.45) is 4.62. The second-order valence-corrected chi connectivity index (χ2v) is 8.38. The van der Waals surface area contributed by atoms with E-state index in [-0.39, 0.29) is 12.0 Å². The molecule has 30 heavy (non-hydrogen) atoms. The summed E-state index contributed by atoms with van der Waals surface area (Å²) in [6, 6.07) is 4.10. The van der Waals surface area contributed by atoms with Crippen molar-refractivity contribution in [3.05, 3.63) is 71.6 Å². The summed E-state index contributed by atoms with van der Waals surface area (Å²) in [5.41, 5.74) is 2.41. The second-order valence-electron chi connectivity index (χ2n) is 8.38. The smallest absolute Gasteiger partial charge is 0.387 e. The number of nitrogens with zero attached hydrogens (tertiary/aromatic N) is 1. The minimum absolute atomic E-state index is 0.0159. The van der Waals surface area contributed by atoms with Crippen LogP contribution in [0.5, 0.6) is 0 Å². The van der Waals surface area contributed by atoms with Crippen LogP contribution in [0.15, 0.2) is 66.1 Å². The lowest BCUT2D eigenvalue weighted by Gasteiger charge is -2.29. The second kappa shape index (κ2) is 9.11. The van der Waals surface area contributed by atoms with Crippen molar-refractivity contribution in [1.82, 2.24) is 10.3 Å². The molecule has 1 atom stereocenters. The molecule has 2 fully saturated rings. The van der Waals surface area contributed by atoms with Gasteiger partial charge in [-0.25, -0.2) is 4.98 Å². The number of pyridine rings is 1. The Labute approximate surface area is 176 Å². The van der Waals surface area contributed by atoms with E-state index >= 15 is 0 Å². The Kier molecular flexibility index (Phi) is 6.74. The van der Waals surface area contributed by atoms with Gasteiger partial charge >= 0.3 is 6.18 Å². The molecule has 1 aliphatic heterocycles. The van der Waals surface area contributed by atoms with E-state index in [1.165, 1.54) is 18.4 Å². The molecule has 1 aromatic rings. The Morgan fingerprint density at radius 3 is 2.63 bits per heavy atom. The van der Waals surface area contributed by atoms with Crippen LogP contribution in [-0.2, 0) is 0 Å². The molecule has 0 bridgehead atoms. The monoisotopic (exact) mass is 417 g/mol. The fourth-order valence-electron chi connectivity index (χ4n) is 3.72. The van der Waals surface area contributed by atoms with Crippen molar-refractivity contribution in [2.45, 2.75) is 57.7 Å². The van der Waals surface area contributed by atoms with Crippen LogP contribution < -0.4 is 10.6 Å². The molecule has 0 radical (unpaired) electrons. The number of anilines is 1. The van der Waals surface area contributed by atoms with Crippen LogP contribution >= 0.6 is 0 Å². The van der Waals surface area contributed by atoms with Gasteiger partial charge in [0.2, 0.25) is 0 Å². The van der Waals surface area contributed by atoms with Crippen molar-refractivity contribution in [3.63, 3.8) is 0 Å². The van der Waals surface area contributed by atoms with Crippen LogP contribution in [0.3, 0.4) is 0 Å². The van der Waals surface area contributed by atoms with Gasteiger partial charge < -0.3 is 10.6 Å². The van der Waals surface area contributed by atoms with Crippen LogP contribution in [0.2, 0.25) is 0 Å². The maximum Gasteiger partial charge on any atom is 0.415 e. The number of nitrogens with one attached hydrogen (secondary N) is 2. The van der Waals surface area contributed by atoms with Gasteiger partial charge in [-0.15, -0.1) is 0 Å². The molecular weight excluding hydrogens is 387 g/mol. The number of hydrogen-bond acceptors (Lipinski definition) is 3. The Morgan fingerprint density at radius 1 is 1.27 bits per heavy atom. The summed E-state index contributed by atoms with van der Waals surface area (Å²) in [5, 5.41) is 6.96. The average Bonchev–Trinajstić information content (AvgIpc) is 3.52. The van der Waals surface area contributed by atoms with Crippen LogP contribution in [0.4, 0.5) is 19.0 Å². The Balaban J connectivity index is 1.83. The zero-order valence-electron chi connectivity index (χ0n) is 17.6. The van der Waals surface area contributed by atoms with Gasteiger partial charge in [-0.2, -0.15) is 13.2 Å². The maximum atomic E-state index is 13.0.